The Kier molecular flexibility index (Phi) is 13.0. The first-order valence-corrected chi connectivity index (χ1v) is 4.88. The number of hydrogen-bond acceptors (Lipinski definition) is 2. The second-order valence-electron chi connectivity index (χ2n) is 2.42. The standard InChI is InChI=1S/C7H9NO.C3H6.C2H6/c8-5-6-1-3-7(9)4-2-6;1-3-2;1-2/h1-3,5,7-9H,4H2;3H,1H2,2H3;1-2H3. The summed E-state index contributed by atoms with van der Waals surface area (Å²) in [6.45, 7) is 9.25. The van der Waals surface area contributed by atoms with Gasteiger partial charge in [0.1, 0.15) is 0 Å². The summed E-state index contributed by atoms with van der Waals surface area (Å²) in [7, 11) is 0. The van der Waals surface area contributed by atoms with E-state index in [1.54, 1.807) is 18.2 Å². The van der Waals surface area contributed by atoms with Crippen LogP contribution in [0.2, 0.25) is 0 Å². The molecule has 0 aromatic carbocycles. The van der Waals surface area contributed by atoms with Crippen molar-refractivity contribution in [1.82, 2.24) is 0 Å². The Bertz CT molecular complexity index is 204. The van der Waals surface area contributed by atoms with Crippen LogP contribution in [0.1, 0.15) is 27.2 Å². The van der Waals surface area contributed by atoms with Gasteiger partial charge < -0.3 is 10.5 Å². The summed E-state index contributed by atoms with van der Waals surface area (Å²) < 4.78 is 0. The molecule has 2 nitrogen and oxygen atoms in total. The lowest BCUT2D eigenvalue weighted by Gasteiger charge is -2.06. The second kappa shape index (κ2) is 11.8. The van der Waals surface area contributed by atoms with E-state index >= 15 is 0 Å². The molecule has 0 amide bonds. The molecule has 1 atom stereocenters. The molecule has 80 valence electrons. The fourth-order valence-corrected chi connectivity index (χ4v) is 0.733. The Balaban J connectivity index is 0. The quantitative estimate of drug-likeness (QED) is 0.490. The van der Waals surface area contributed by atoms with Crippen LogP contribution in [0.3, 0.4) is 0 Å². The number of aliphatic hydroxyl groups excluding tert-OH is 1. The number of allylic oxidation sites excluding steroid dienone is 3. The molecule has 0 radical (unpaired) electrons. The molecule has 0 fully saturated rings. The highest BCUT2D eigenvalue weighted by Gasteiger charge is 2.01. The lowest BCUT2D eigenvalue weighted by molar-refractivity contribution is 0.225. The molecule has 2 heteroatoms. The average Bonchev–Trinajstić information content (AvgIpc) is 2.23. The molecule has 0 heterocycles. The number of aliphatic hydroxyl groups is 1. The molecule has 0 aliphatic heterocycles. The van der Waals surface area contributed by atoms with Gasteiger partial charge in [-0.25, -0.2) is 0 Å². The average molecular weight is 195 g/mol. The minimum absolute atomic E-state index is 0.339. The van der Waals surface area contributed by atoms with Crippen molar-refractivity contribution in [1.29, 1.82) is 5.41 Å². The second-order valence-corrected chi connectivity index (χ2v) is 2.42. The summed E-state index contributed by atoms with van der Waals surface area (Å²) in [4.78, 5) is 0. The van der Waals surface area contributed by atoms with Crippen molar-refractivity contribution in [3.63, 3.8) is 0 Å². The van der Waals surface area contributed by atoms with E-state index < -0.39 is 0 Å². The number of hydrogen-bond donors (Lipinski definition) is 2. The highest BCUT2D eigenvalue weighted by molar-refractivity contribution is 5.80. The summed E-state index contributed by atoms with van der Waals surface area (Å²) >= 11 is 0. The van der Waals surface area contributed by atoms with Crippen LogP contribution in [0.4, 0.5) is 0 Å². The van der Waals surface area contributed by atoms with Crippen LogP contribution in [-0.2, 0) is 0 Å². The summed E-state index contributed by atoms with van der Waals surface area (Å²) in [6, 6.07) is 0. The first-order chi connectivity index (χ1) is 6.74. The van der Waals surface area contributed by atoms with E-state index in [0.29, 0.717) is 6.42 Å². The van der Waals surface area contributed by atoms with Crippen LogP contribution in [0.25, 0.3) is 0 Å². The lowest BCUT2D eigenvalue weighted by atomic mass is 10.1. The van der Waals surface area contributed by atoms with E-state index in [-0.39, 0.29) is 6.10 Å². The summed E-state index contributed by atoms with van der Waals surface area (Å²) in [5.74, 6) is 0. The Morgan fingerprint density at radius 3 is 2.36 bits per heavy atom. The largest absolute Gasteiger partial charge is 0.389 e. The molecule has 1 aliphatic carbocycles. The Hall–Kier alpha value is -1.15. The highest BCUT2D eigenvalue weighted by atomic mass is 16.3. The number of nitrogens with one attached hydrogen (secondary N) is 1. The Morgan fingerprint density at radius 2 is 2.07 bits per heavy atom. The van der Waals surface area contributed by atoms with Crippen LogP contribution < -0.4 is 0 Å². The SMILES string of the molecule is C=CC.CC.N=CC1=CCC(O)C=C1. The van der Waals surface area contributed by atoms with Crippen molar-refractivity contribution >= 4 is 6.21 Å². The topological polar surface area (TPSA) is 44.1 Å². The van der Waals surface area contributed by atoms with Gasteiger partial charge in [0.05, 0.1) is 6.10 Å². The molecular weight excluding hydrogens is 174 g/mol. The zero-order chi connectivity index (χ0) is 11.4. The van der Waals surface area contributed by atoms with Gasteiger partial charge in [-0.3, -0.25) is 0 Å². The van der Waals surface area contributed by atoms with Gasteiger partial charge in [0, 0.05) is 6.21 Å². The maximum atomic E-state index is 8.92. The maximum Gasteiger partial charge on any atom is 0.0758 e. The van der Waals surface area contributed by atoms with Gasteiger partial charge in [-0.2, -0.15) is 0 Å². The molecule has 0 bridgehead atoms. The minimum Gasteiger partial charge on any atom is -0.389 e. The molecule has 1 aliphatic rings. The van der Waals surface area contributed by atoms with Gasteiger partial charge in [0.15, 0.2) is 0 Å². The first-order valence-electron chi connectivity index (χ1n) is 4.88. The predicted octanol–water partition coefficient (Wildman–Crippen LogP) is 3.10. The monoisotopic (exact) mass is 195 g/mol. The van der Waals surface area contributed by atoms with Crippen molar-refractivity contribution in [3.05, 3.63) is 36.5 Å². The number of rotatable bonds is 1. The third kappa shape index (κ3) is 8.94. The third-order valence-electron chi connectivity index (χ3n) is 1.27. The van der Waals surface area contributed by atoms with Gasteiger partial charge in [-0.15, -0.1) is 6.58 Å². The highest BCUT2D eigenvalue weighted by Crippen LogP contribution is 2.07. The molecule has 1 rings (SSSR count). The Morgan fingerprint density at radius 1 is 1.57 bits per heavy atom. The zero-order valence-corrected chi connectivity index (χ0v) is 9.33. The van der Waals surface area contributed by atoms with Gasteiger partial charge in [0.25, 0.3) is 0 Å². The van der Waals surface area contributed by atoms with Crippen molar-refractivity contribution in [2.75, 3.05) is 0 Å². The van der Waals surface area contributed by atoms with Crippen LogP contribution in [0.5, 0.6) is 0 Å². The molecule has 14 heavy (non-hydrogen) atoms. The van der Waals surface area contributed by atoms with Crippen molar-refractivity contribution in [2.24, 2.45) is 0 Å². The molecule has 0 spiro atoms. The normalized spacial score (nSPS) is 17.7. The van der Waals surface area contributed by atoms with Crippen LogP contribution in [0.15, 0.2) is 36.5 Å². The molecule has 0 aromatic rings. The van der Waals surface area contributed by atoms with E-state index in [0.717, 1.165) is 5.57 Å². The summed E-state index contributed by atoms with van der Waals surface area (Å²) in [5, 5.41) is 15.8. The van der Waals surface area contributed by atoms with Crippen LogP contribution >= 0.6 is 0 Å². The Labute approximate surface area is 87.2 Å². The van der Waals surface area contributed by atoms with E-state index in [2.05, 4.69) is 6.58 Å². The molecule has 0 aromatic heterocycles. The van der Waals surface area contributed by atoms with E-state index in [9.17, 15) is 0 Å². The van der Waals surface area contributed by atoms with E-state index in [1.807, 2.05) is 26.8 Å². The summed E-state index contributed by atoms with van der Waals surface area (Å²) in [6.07, 6.45) is 8.62. The van der Waals surface area contributed by atoms with Crippen molar-refractivity contribution in [2.45, 2.75) is 33.3 Å². The molecule has 1 unspecified atom stereocenters. The fraction of sp³-hybridized carbons (Fsp3) is 0.417. The minimum atomic E-state index is -0.339. The third-order valence-corrected chi connectivity index (χ3v) is 1.27. The van der Waals surface area contributed by atoms with E-state index in [1.165, 1.54) is 6.21 Å². The van der Waals surface area contributed by atoms with Gasteiger partial charge in [-0.1, -0.05) is 38.2 Å². The molecular formula is C12H21NO. The van der Waals surface area contributed by atoms with Gasteiger partial charge >= 0.3 is 0 Å². The molecule has 0 saturated carbocycles. The van der Waals surface area contributed by atoms with Gasteiger partial charge in [0.2, 0.25) is 0 Å². The van der Waals surface area contributed by atoms with E-state index in [4.69, 9.17) is 10.5 Å². The first kappa shape index (κ1) is 15.3. The van der Waals surface area contributed by atoms with Crippen LogP contribution in [0, 0.1) is 5.41 Å². The summed E-state index contributed by atoms with van der Waals surface area (Å²) in [5.41, 5.74) is 0.875. The van der Waals surface area contributed by atoms with Crippen molar-refractivity contribution in [3.8, 4) is 0 Å². The van der Waals surface area contributed by atoms with Crippen LogP contribution in [-0.4, -0.2) is 17.4 Å². The molecule has 0 saturated heterocycles. The van der Waals surface area contributed by atoms with Gasteiger partial charge in [-0.05, 0) is 18.9 Å². The van der Waals surface area contributed by atoms with Crippen molar-refractivity contribution < 1.29 is 5.11 Å². The maximum absolute atomic E-state index is 8.92. The molecule has 2 N–H and O–H groups in total. The fourth-order valence-electron chi connectivity index (χ4n) is 0.733. The zero-order valence-electron chi connectivity index (χ0n) is 9.33. The lowest BCUT2D eigenvalue weighted by Crippen LogP contribution is -2.03. The predicted molar refractivity (Wildman–Crippen MR) is 63.8 cm³/mol. The smallest absolute Gasteiger partial charge is 0.0758 e.